The van der Waals surface area contributed by atoms with Crippen LogP contribution < -0.4 is 0 Å². The Kier molecular flexibility index (Phi) is 15.1. The van der Waals surface area contributed by atoms with Crippen molar-refractivity contribution in [3.05, 3.63) is 0 Å². The molecule has 0 bridgehead atoms. The fourth-order valence-corrected chi connectivity index (χ4v) is 0.158. The SMILES string of the molecule is CCO[SH]=O.[LiH]. The topological polar surface area (TPSA) is 26.3 Å². The van der Waals surface area contributed by atoms with Crippen LogP contribution in [0.5, 0.6) is 0 Å². The molecule has 0 aliphatic heterocycles. The molecule has 0 aliphatic carbocycles. The fourth-order valence-electron chi connectivity index (χ4n) is 0.0527. The summed E-state index contributed by atoms with van der Waals surface area (Å²) >= 11 is -0.220. The van der Waals surface area contributed by atoms with E-state index in [4.69, 9.17) is 0 Å². The van der Waals surface area contributed by atoms with Gasteiger partial charge in [-0.25, -0.2) is 4.21 Å². The molecule has 0 unspecified atom stereocenters. The molecule has 0 aromatic carbocycles. The van der Waals surface area contributed by atoms with Crippen LogP contribution in [0.1, 0.15) is 6.92 Å². The van der Waals surface area contributed by atoms with E-state index in [1.54, 1.807) is 6.92 Å². The summed E-state index contributed by atoms with van der Waals surface area (Å²) in [6.45, 7) is 2.30. The van der Waals surface area contributed by atoms with E-state index in [0.717, 1.165) is 0 Å². The number of rotatable bonds is 2. The molecule has 4 heteroatoms. The van der Waals surface area contributed by atoms with E-state index in [2.05, 4.69) is 4.18 Å². The summed E-state index contributed by atoms with van der Waals surface area (Å²) < 4.78 is 13.5. The fraction of sp³-hybridized carbons (Fsp3) is 1.00. The van der Waals surface area contributed by atoms with Gasteiger partial charge in [0.1, 0.15) is 11.9 Å². The Labute approximate surface area is 53.1 Å². The van der Waals surface area contributed by atoms with Crippen molar-refractivity contribution in [2.75, 3.05) is 6.61 Å². The van der Waals surface area contributed by atoms with Gasteiger partial charge in [0.25, 0.3) is 0 Å². The van der Waals surface area contributed by atoms with Gasteiger partial charge in [-0.2, -0.15) is 0 Å². The average Bonchev–Trinajstić information content (AvgIpc) is 1.41. The van der Waals surface area contributed by atoms with E-state index < -0.39 is 0 Å². The zero-order valence-electron chi connectivity index (χ0n) is 2.97. The van der Waals surface area contributed by atoms with Gasteiger partial charge in [0.05, 0.1) is 6.61 Å². The zero-order chi connectivity index (χ0) is 4.12. The summed E-state index contributed by atoms with van der Waals surface area (Å²) in [5.41, 5.74) is 0. The molecule has 0 aliphatic rings. The van der Waals surface area contributed by atoms with E-state index in [0.29, 0.717) is 6.61 Å². The Bertz CT molecular complexity index is 32.7. The molecule has 0 saturated carbocycles. The molecular formula is C2H7LiO2S. The van der Waals surface area contributed by atoms with Gasteiger partial charge >= 0.3 is 18.9 Å². The van der Waals surface area contributed by atoms with Crippen LogP contribution in [0.25, 0.3) is 0 Å². The molecule has 34 valence electrons. The maximum absolute atomic E-state index is 9.28. The zero-order valence-corrected chi connectivity index (χ0v) is 3.87. The van der Waals surface area contributed by atoms with Crippen LogP contribution in [0.4, 0.5) is 0 Å². The summed E-state index contributed by atoms with van der Waals surface area (Å²) in [6.07, 6.45) is 0. The molecule has 0 aromatic rings. The van der Waals surface area contributed by atoms with Crippen LogP contribution in [0.2, 0.25) is 0 Å². The van der Waals surface area contributed by atoms with Gasteiger partial charge < -0.3 is 0 Å². The van der Waals surface area contributed by atoms with Gasteiger partial charge in [-0.05, 0) is 6.92 Å². The van der Waals surface area contributed by atoms with E-state index in [-0.39, 0.29) is 30.8 Å². The van der Waals surface area contributed by atoms with Crippen LogP contribution in [0, 0.1) is 0 Å². The average molecular weight is 102 g/mol. The van der Waals surface area contributed by atoms with Crippen molar-refractivity contribution >= 4 is 30.8 Å². The molecule has 0 heterocycles. The molecular weight excluding hydrogens is 95.0 g/mol. The number of hydrogen-bond acceptors (Lipinski definition) is 2. The van der Waals surface area contributed by atoms with Gasteiger partial charge in [-0.3, -0.25) is 4.18 Å². The molecule has 0 fully saturated rings. The first-order chi connectivity index (χ1) is 2.41. The first kappa shape index (κ1) is 9.86. The van der Waals surface area contributed by atoms with Crippen molar-refractivity contribution in [1.29, 1.82) is 0 Å². The van der Waals surface area contributed by atoms with E-state index >= 15 is 0 Å². The minimum absolute atomic E-state index is 0. The Hall–Kier alpha value is 0.707. The van der Waals surface area contributed by atoms with Crippen molar-refractivity contribution < 1.29 is 8.39 Å². The Morgan fingerprint density at radius 3 is 2.33 bits per heavy atom. The summed E-state index contributed by atoms with van der Waals surface area (Å²) in [4.78, 5) is 0. The van der Waals surface area contributed by atoms with E-state index in [1.807, 2.05) is 0 Å². The van der Waals surface area contributed by atoms with E-state index in [1.165, 1.54) is 0 Å². The third kappa shape index (κ3) is 8.83. The number of hydrogen-bond donors (Lipinski definition) is 1. The second kappa shape index (κ2) is 9.20. The van der Waals surface area contributed by atoms with Crippen molar-refractivity contribution in [1.82, 2.24) is 0 Å². The molecule has 0 aromatic heterocycles. The predicted octanol–water partition coefficient (Wildman–Crippen LogP) is -0.765. The summed E-state index contributed by atoms with van der Waals surface area (Å²) in [5, 5.41) is 0. The van der Waals surface area contributed by atoms with Gasteiger partial charge in [-0.1, -0.05) is 0 Å². The van der Waals surface area contributed by atoms with E-state index in [9.17, 15) is 4.21 Å². The van der Waals surface area contributed by atoms with Gasteiger partial charge in [-0.15, -0.1) is 0 Å². The molecule has 6 heavy (non-hydrogen) atoms. The second-order valence-electron chi connectivity index (χ2n) is 0.492. The monoisotopic (exact) mass is 102 g/mol. The summed E-state index contributed by atoms with van der Waals surface area (Å²) in [5.74, 6) is 0. The summed E-state index contributed by atoms with van der Waals surface area (Å²) in [7, 11) is 0. The number of thiol groups is 1. The molecule has 0 saturated heterocycles. The first-order valence-electron chi connectivity index (χ1n) is 1.36. The third-order valence-electron chi connectivity index (χ3n) is 0.182. The van der Waals surface area contributed by atoms with Crippen molar-refractivity contribution in [2.24, 2.45) is 0 Å². The standard InChI is InChI=1S/C2H6O2S.Li.H/c1-2-4-5-3;;/h5H,2H2,1H3;;. The second-order valence-corrected chi connectivity index (χ2v) is 0.900. The van der Waals surface area contributed by atoms with Crippen molar-refractivity contribution in [3.63, 3.8) is 0 Å². The Balaban J connectivity index is 0. The van der Waals surface area contributed by atoms with Gasteiger partial charge in [0, 0.05) is 0 Å². The molecule has 2 nitrogen and oxygen atoms in total. The van der Waals surface area contributed by atoms with Crippen molar-refractivity contribution in [3.8, 4) is 0 Å². The predicted molar refractivity (Wildman–Crippen MR) is 28.3 cm³/mol. The van der Waals surface area contributed by atoms with Crippen LogP contribution in [0.15, 0.2) is 0 Å². The maximum atomic E-state index is 9.28. The van der Waals surface area contributed by atoms with Crippen molar-refractivity contribution in [2.45, 2.75) is 6.92 Å². The minimum atomic E-state index is -0.220. The molecule has 0 spiro atoms. The third-order valence-corrected chi connectivity index (χ3v) is 0.545. The van der Waals surface area contributed by atoms with Crippen LogP contribution in [-0.4, -0.2) is 29.7 Å². The molecule has 0 N–H and O–H groups in total. The Morgan fingerprint density at radius 1 is 1.83 bits per heavy atom. The quantitative estimate of drug-likeness (QED) is 0.366. The normalized spacial score (nSPS) is 6.83. The molecule has 0 rings (SSSR count). The van der Waals surface area contributed by atoms with Gasteiger partial charge in [0.15, 0.2) is 0 Å². The van der Waals surface area contributed by atoms with Crippen LogP contribution in [0.3, 0.4) is 0 Å². The van der Waals surface area contributed by atoms with Crippen LogP contribution >= 0.6 is 0 Å². The van der Waals surface area contributed by atoms with Crippen LogP contribution in [-0.2, 0) is 16.1 Å². The Morgan fingerprint density at radius 2 is 2.33 bits per heavy atom. The molecule has 0 atom stereocenters. The molecule has 0 radical (unpaired) electrons. The molecule has 0 amide bonds. The first-order valence-corrected chi connectivity index (χ1v) is 2.09. The summed E-state index contributed by atoms with van der Waals surface area (Å²) in [6, 6.07) is 0. The van der Waals surface area contributed by atoms with Gasteiger partial charge in [0.2, 0.25) is 0 Å².